The van der Waals surface area contributed by atoms with Gasteiger partial charge in [-0.15, -0.1) is 0 Å². The number of anilines is 9. The van der Waals surface area contributed by atoms with Crippen molar-refractivity contribution in [2.45, 2.75) is 92.4 Å². The van der Waals surface area contributed by atoms with Crippen molar-refractivity contribution in [3.63, 3.8) is 0 Å². The highest BCUT2D eigenvalue weighted by Gasteiger charge is 2.48. The smallest absolute Gasteiger partial charge is 0.297 e. The lowest BCUT2D eigenvalue weighted by atomic mass is 9.35. The second-order valence-corrected chi connectivity index (χ2v) is 23.3. The van der Waals surface area contributed by atoms with E-state index in [-0.39, 0.29) is 23.0 Å². The summed E-state index contributed by atoms with van der Waals surface area (Å²) in [5, 5.41) is 2.26. The molecule has 0 fully saturated rings. The SMILES string of the molecule is Cc1cc(C)cc(-n2c3ccccc3c3c4c(oc32)B2c3cc(C(C)(C)C)ccc3N(c3ccc(C(C)(C)C)cc3)c3cc(N(c5ccccc5)c5ccccc5)cc(c32)N4c2ccc(C(C)(C)C)cc2)c1. The Kier molecular flexibility index (Phi) is 10.4. The number of rotatable bonds is 6. The molecule has 0 bridgehead atoms. The van der Waals surface area contributed by atoms with Crippen LogP contribution in [0.1, 0.15) is 90.1 Å². The van der Waals surface area contributed by atoms with Crippen LogP contribution in [0.3, 0.4) is 0 Å². The third kappa shape index (κ3) is 7.37. The van der Waals surface area contributed by atoms with Crippen LogP contribution in [-0.4, -0.2) is 11.3 Å². The minimum absolute atomic E-state index is 0.00123. The van der Waals surface area contributed by atoms with Crippen molar-refractivity contribution in [3.05, 3.63) is 210 Å². The van der Waals surface area contributed by atoms with Gasteiger partial charge in [0.1, 0.15) is 5.66 Å². The number of aryl methyl sites for hydroxylation is 2. The number of hydrogen-bond donors (Lipinski definition) is 0. The van der Waals surface area contributed by atoms with E-state index in [0.29, 0.717) is 0 Å². The van der Waals surface area contributed by atoms with E-state index in [1.54, 1.807) is 0 Å². The zero-order valence-electron chi connectivity index (χ0n) is 43.6. The third-order valence-corrected chi connectivity index (χ3v) is 15.1. The molecule has 0 spiro atoms. The Balaban J connectivity index is 1.26. The van der Waals surface area contributed by atoms with E-state index in [9.17, 15) is 0 Å². The van der Waals surface area contributed by atoms with E-state index in [2.05, 4.69) is 277 Å². The molecule has 0 saturated carbocycles. The zero-order chi connectivity index (χ0) is 50.0. The maximum absolute atomic E-state index is 7.80. The standard InChI is InChI=1S/C66H63BN4O/c1-42-36-43(2)38-51(37-42)71-55-25-19-18-24-53(55)59-61-62(72-63(59)71)67-54-39-46(66(9,10)11)30-35-56(54)69(49-31-26-44(27-32-49)64(3,4)5)57-40-52(68(47-20-14-12-15-21-47)48-22-16-13-17-23-48)41-58(60(57)67)70(61)50-33-28-45(29-34-50)65(6,7)8/h12-41H,1-11H3. The number of benzene rings is 8. The first-order chi connectivity index (χ1) is 34.4. The van der Waals surface area contributed by atoms with Gasteiger partial charge in [-0.1, -0.05) is 159 Å². The Hall–Kier alpha value is -7.70. The summed E-state index contributed by atoms with van der Waals surface area (Å²) < 4.78 is 10.2. The summed E-state index contributed by atoms with van der Waals surface area (Å²) in [7, 11) is 0. The molecule has 0 unspecified atom stereocenters. The number of para-hydroxylation sites is 3. The average Bonchev–Trinajstić information content (AvgIpc) is 3.88. The van der Waals surface area contributed by atoms with E-state index in [4.69, 9.17) is 4.42 Å². The molecular formula is C66H63BN4O. The maximum atomic E-state index is 7.80. The fraction of sp³-hybridized carbons (Fsp3) is 0.212. The highest BCUT2D eigenvalue weighted by Crippen LogP contribution is 2.52. The van der Waals surface area contributed by atoms with Crippen molar-refractivity contribution in [3.8, 4) is 5.69 Å². The molecule has 0 aliphatic carbocycles. The van der Waals surface area contributed by atoms with Crippen LogP contribution in [0.2, 0.25) is 0 Å². The van der Waals surface area contributed by atoms with Crippen molar-refractivity contribution < 1.29 is 4.42 Å². The molecule has 2 aromatic heterocycles. The molecule has 356 valence electrons. The molecule has 72 heavy (non-hydrogen) atoms. The van der Waals surface area contributed by atoms with E-state index >= 15 is 0 Å². The largest absolute Gasteiger partial charge is 0.451 e. The van der Waals surface area contributed by atoms with Crippen molar-refractivity contribution in [1.29, 1.82) is 0 Å². The number of fused-ring (bicyclic) bond motifs is 8. The third-order valence-electron chi connectivity index (χ3n) is 15.1. The van der Waals surface area contributed by atoms with E-state index in [1.165, 1.54) is 38.7 Å². The fourth-order valence-corrected chi connectivity index (χ4v) is 11.5. The van der Waals surface area contributed by atoms with Crippen LogP contribution in [0.5, 0.6) is 0 Å². The van der Waals surface area contributed by atoms with Crippen molar-refractivity contribution in [2.75, 3.05) is 14.7 Å². The van der Waals surface area contributed by atoms with Crippen LogP contribution in [0.4, 0.5) is 51.2 Å². The van der Waals surface area contributed by atoms with Gasteiger partial charge in [0.05, 0.1) is 22.3 Å². The highest BCUT2D eigenvalue weighted by molar-refractivity contribution is 7.00. The first-order valence-electron chi connectivity index (χ1n) is 25.6. The summed E-state index contributed by atoms with van der Waals surface area (Å²) in [4.78, 5) is 7.48. The average molecular weight is 939 g/mol. The van der Waals surface area contributed by atoms with Gasteiger partial charge in [0.25, 0.3) is 6.71 Å². The molecule has 10 aromatic rings. The van der Waals surface area contributed by atoms with Gasteiger partial charge in [-0.2, -0.15) is 0 Å². The van der Waals surface area contributed by atoms with Crippen LogP contribution in [0, 0.1) is 13.8 Å². The minimum atomic E-state index is -0.243. The van der Waals surface area contributed by atoms with Gasteiger partial charge in [-0.05, 0) is 154 Å². The van der Waals surface area contributed by atoms with Crippen LogP contribution in [0.15, 0.2) is 186 Å². The van der Waals surface area contributed by atoms with Crippen molar-refractivity contribution in [1.82, 2.24) is 4.57 Å². The van der Waals surface area contributed by atoms with Gasteiger partial charge >= 0.3 is 0 Å². The quantitative estimate of drug-likeness (QED) is 0.155. The number of hydrogen-bond acceptors (Lipinski definition) is 4. The summed E-state index contributed by atoms with van der Waals surface area (Å²) in [6.45, 7) is 24.8. The normalized spacial score (nSPS) is 13.4. The molecule has 4 heterocycles. The van der Waals surface area contributed by atoms with Gasteiger partial charge in [0.2, 0.25) is 5.71 Å². The summed E-state index contributed by atoms with van der Waals surface area (Å²) in [5.41, 5.74) is 22.5. The van der Waals surface area contributed by atoms with Gasteiger partial charge in [0.15, 0.2) is 0 Å². The molecular weight excluding hydrogens is 876 g/mol. The van der Waals surface area contributed by atoms with Gasteiger partial charge in [-0.25, -0.2) is 0 Å². The van der Waals surface area contributed by atoms with Crippen LogP contribution >= 0.6 is 0 Å². The predicted octanol–water partition coefficient (Wildman–Crippen LogP) is 16.4. The molecule has 2 aliphatic rings. The monoisotopic (exact) mass is 939 g/mol. The number of furan rings is 1. The molecule has 0 amide bonds. The van der Waals surface area contributed by atoms with Crippen LogP contribution in [0.25, 0.3) is 27.7 Å². The van der Waals surface area contributed by atoms with E-state index < -0.39 is 0 Å². The van der Waals surface area contributed by atoms with Crippen molar-refractivity contribution in [2.24, 2.45) is 0 Å². The summed E-state index contributed by atoms with van der Waals surface area (Å²) in [5.74, 6) is 0. The Bertz CT molecular complexity index is 3660. The van der Waals surface area contributed by atoms with Gasteiger partial charge in [-0.3, -0.25) is 4.57 Å². The summed E-state index contributed by atoms with van der Waals surface area (Å²) in [6.07, 6.45) is 0. The number of aromatic nitrogens is 1. The maximum Gasteiger partial charge on any atom is 0.297 e. The lowest BCUT2D eigenvalue weighted by molar-refractivity contribution is 0.590. The summed E-state index contributed by atoms with van der Waals surface area (Å²) in [6, 6.07) is 68.0. The molecule has 0 atom stereocenters. The summed E-state index contributed by atoms with van der Waals surface area (Å²) >= 11 is 0. The van der Waals surface area contributed by atoms with Gasteiger partial charge < -0.3 is 19.1 Å². The molecule has 5 nitrogen and oxygen atoms in total. The minimum Gasteiger partial charge on any atom is -0.451 e. The first-order valence-corrected chi connectivity index (χ1v) is 25.6. The first kappa shape index (κ1) is 45.4. The molecule has 0 N–H and O–H groups in total. The lowest BCUT2D eigenvalue weighted by Crippen LogP contribution is -2.61. The highest BCUT2D eigenvalue weighted by atomic mass is 16.3. The molecule has 2 aliphatic heterocycles. The Morgan fingerprint density at radius 1 is 0.444 bits per heavy atom. The fourth-order valence-electron chi connectivity index (χ4n) is 11.5. The lowest BCUT2D eigenvalue weighted by Gasteiger charge is -2.44. The molecule has 8 aromatic carbocycles. The Morgan fingerprint density at radius 2 is 0.944 bits per heavy atom. The Labute approximate surface area is 426 Å². The topological polar surface area (TPSA) is 27.8 Å². The molecule has 6 heteroatoms. The Morgan fingerprint density at radius 3 is 1.50 bits per heavy atom. The van der Waals surface area contributed by atoms with E-state index in [1.807, 2.05) is 0 Å². The van der Waals surface area contributed by atoms with Crippen LogP contribution in [-0.2, 0) is 16.2 Å². The van der Waals surface area contributed by atoms with E-state index in [0.717, 1.165) is 84.5 Å². The second kappa shape index (κ2) is 16.4. The molecule has 12 rings (SSSR count). The second-order valence-electron chi connectivity index (χ2n) is 23.3. The zero-order valence-corrected chi connectivity index (χ0v) is 43.6. The predicted molar refractivity (Wildman–Crippen MR) is 307 cm³/mol. The van der Waals surface area contributed by atoms with Crippen molar-refractivity contribution >= 4 is 96.5 Å². The number of nitrogens with zero attached hydrogens (tertiary/aromatic N) is 4. The van der Waals surface area contributed by atoms with Gasteiger partial charge in [0, 0.05) is 50.9 Å². The molecule has 0 saturated heterocycles. The van der Waals surface area contributed by atoms with Crippen LogP contribution < -0.4 is 31.3 Å². The molecule has 0 radical (unpaired) electrons.